The Morgan fingerprint density at radius 3 is 2.50 bits per heavy atom. The maximum Gasteiger partial charge on any atom is 0.311 e. The number of rotatable bonds is 6. The van der Waals surface area contributed by atoms with Crippen molar-refractivity contribution in [3.05, 3.63) is 107 Å². The highest BCUT2D eigenvalue weighted by molar-refractivity contribution is 7.07. The molecule has 0 fully saturated rings. The number of allylic oxidation sites excluding steroid dienone is 2. The van der Waals surface area contributed by atoms with Gasteiger partial charge in [-0.2, -0.15) is 0 Å². The van der Waals surface area contributed by atoms with Crippen LogP contribution in [0.2, 0.25) is 0 Å². The number of thiazole rings is 1. The summed E-state index contributed by atoms with van der Waals surface area (Å²) in [6, 6.07) is 15.2. The lowest BCUT2D eigenvalue weighted by Gasteiger charge is -2.27. The van der Waals surface area contributed by atoms with Crippen molar-refractivity contribution in [2.45, 2.75) is 19.9 Å². The number of ketones is 1. The summed E-state index contributed by atoms with van der Waals surface area (Å²) in [5.74, 6) is 0.465. The largest absolute Gasteiger partial charge is 0.496 e. The highest BCUT2D eigenvalue weighted by Gasteiger charge is 2.33. The van der Waals surface area contributed by atoms with Crippen LogP contribution in [0.4, 0.5) is 5.69 Å². The Balaban J connectivity index is 1.81. The fourth-order valence-electron chi connectivity index (χ4n) is 4.87. The van der Waals surface area contributed by atoms with Gasteiger partial charge in [0, 0.05) is 22.9 Å². The van der Waals surface area contributed by atoms with Crippen LogP contribution in [-0.4, -0.2) is 29.5 Å². The highest BCUT2D eigenvalue weighted by atomic mass is 32.1. The molecule has 0 radical (unpaired) electrons. The molecule has 0 spiro atoms. The zero-order valence-corrected chi connectivity index (χ0v) is 21.9. The molecule has 2 heterocycles. The predicted molar refractivity (Wildman–Crippen MR) is 145 cm³/mol. The Kier molecular flexibility index (Phi) is 6.41. The first-order valence-corrected chi connectivity index (χ1v) is 12.5. The number of hydrogen-bond acceptors (Lipinski definition) is 8. The van der Waals surface area contributed by atoms with Gasteiger partial charge in [0.15, 0.2) is 16.3 Å². The molecular formula is C28H23N3O6S. The molecule has 9 nitrogen and oxygen atoms in total. The first-order chi connectivity index (χ1) is 18.2. The van der Waals surface area contributed by atoms with E-state index in [9.17, 15) is 19.7 Å². The number of methoxy groups -OCH3 is 2. The van der Waals surface area contributed by atoms with Crippen molar-refractivity contribution in [2.75, 3.05) is 14.2 Å². The minimum atomic E-state index is -0.767. The number of carbonyl (C=O) groups is 1. The van der Waals surface area contributed by atoms with Crippen LogP contribution < -0.4 is 24.4 Å². The van der Waals surface area contributed by atoms with Gasteiger partial charge in [-0.25, -0.2) is 4.99 Å². The van der Waals surface area contributed by atoms with Crippen LogP contribution in [-0.2, 0) is 4.79 Å². The number of ether oxygens (including phenoxy) is 2. The van der Waals surface area contributed by atoms with Crippen molar-refractivity contribution in [3.8, 4) is 11.5 Å². The molecule has 1 atom stereocenters. The summed E-state index contributed by atoms with van der Waals surface area (Å²) in [5, 5.41) is 13.3. The van der Waals surface area contributed by atoms with E-state index in [0.29, 0.717) is 37.5 Å². The predicted octanol–water partition coefficient (Wildman–Crippen LogP) is 3.90. The molecule has 192 valence electrons. The molecule has 10 heteroatoms. The molecule has 0 N–H and O–H groups in total. The minimum absolute atomic E-state index is 0.124. The van der Waals surface area contributed by atoms with Gasteiger partial charge in [-0.15, -0.1) is 0 Å². The average Bonchev–Trinajstić information content (AvgIpc) is 3.20. The lowest BCUT2D eigenvalue weighted by Crippen LogP contribution is -2.39. The Bertz CT molecular complexity index is 1850. The molecule has 3 aromatic carbocycles. The summed E-state index contributed by atoms with van der Waals surface area (Å²) in [5.41, 5.74) is 1.51. The van der Waals surface area contributed by atoms with Gasteiger partial charge in [-0.05, 0) is 48.4 Å². The topological polar surface area (TPSA) is 113 Å². The Morgan fingerprint density at radius 1 is 1.11 bits per heavy atom. The second kappa shape index (κ2) is 9.71. The quantitative estimate of drug-likeness (QED) is 0.277. The Labute approximate surface area is 220 Å². The lowest BCUT2D eigenvalue weighted by atomic mass is 9.89. The summed E-state index contributed by atoms with van der Waals surface area (Å²) in [4.78, 5) is 42.9. The second-order valence-electron chi connectivity index (χ2n) is 8.73. The molecule has 0 unspecified atom stereocenters. The van der Waals surface area contributed by atoms with E-state index in [0.717, 1.165) is 22.1 Å². The normalized spacial score (nSPS) is 15.3. The molecule has 1 aliphatic rings. The Hall–Kier alpha value is -4.57. The molecule has 1 aromatic heterocycles. The van der Waals surface area contributed by atoms with Crippen molar-refractivity contribution < 1.29 is 19.2 Å². The van der Waals surface area contributed by atoms with Crippen molar-refractivity contribution >= 4 is 39.7 Å². The van der Waals surface area contributed by atoms with Crippen LogP contribution in [0.25, 0.3) is 16.8 Å². The zero-order chi connectivity index (χ0) is 27.1. The number of nitro benzene ring substituents is 1. The monoisotopic (exact) mass is 529 g/mol. The van der Waals surface area contributed by atoms with Crippen LogP contribution in [0.15, 0.2) is 75.7 Å². The molecule has 0 amide bonds. The van der Waals surface area contributed by atoms with Crippen LogP contribution in [0, 0.1) is 10.1 Å². The smallest absolute Gasteiger partial charge is 0.311 e. The molecule has 0 bridgehead atoms. The van der Waals surface area contributed by atoms with E-state index in [2.05, 4.69) is 4.99 Å². The third-order valence-electron chi connectivity index (χ3n) is 6.52. The summed E-state index contributed by atoms with van der Waals surface area (Å²) >= 11 is 1.16. The first-order valence-electron chi connectivity index (χ1n) is 11.7. The molecule has 4 aromatic rings. The van der Waals surface area contributed by atoms with E-state index >= 15 is 0 Å². The molecule has 5 rings (SSSR count). The standard InChI is InChI=1S/C28H23N3O6S/c1-15-24(16(2)32)26(25-19-8-6-5-7-18(19)10-12-22(25)37-4)30-27(33)23(38-28(30)29-15)14-17-9-11-21(36-3)20(13-17)31(34)35/h5-14,26H,1-4H3/t26-/m0/s1. The van der Waals surface area contributed by atoms with Gasteiger partial charge < -0.3 is 9.47 Å². The fourth-order valence-corrected chi connectivity index (χ4v) is 5.92. The molecule has 0 saturated carbocycles. The number of benzene rings is 3. The van der Waals surface area contributed by atoms with Gasteiger partial charge >= 0.3 is 5.69 Å². The summed E-state index contributed by atoms with van der Waals surface area (Å²) < 4.78 is 12.6. The third-order valence-corrected chi connectivity index (χ3v) is 7.51. The van der Waals surface area contributed by atoms with Gasteiger partial charge in [0.2, 0.25) is 0 Å². The van der Waals surface area contributed by atoms with E-state index in [4.69, 9.17) is 9.47 Å². The molecule has 0 aliphatic carbocycles. The summed E-state index contributed by atoms with van der Waals surface area (Å²) in [6.07, 6.45) is 1.58. The van der Waals surface area contributed by atoms with Crippen LogP contribution in [0.1, 0.15) is 31.0 Å². The number of nitrogens with zero attached hydrogens (tertiary/aromatic N) is 3. The number of fused-ring (bicyclic) bond motifs is 2. The molecule has 1 aliphatic heterocycles. The van der Waals surface area contributed by atoms with Crippen LogP contribution >= 0.6 is 11.3 Å². The zero-order valence-electron chi connectivity index (χ0n) is 21.1. The first kappa shape index (κ1) is 25.1. The molecular weight excluding hydrogens is 506 g/mol. The van der Waals surface area contributed by atoms with Crippen LogP contribution in [0.3, 0.4) is 0 Å². The third kappa shape index (κ3) is 4.08. The number of aromatic nitrogens is 1. The lowest BCUT2D eigenvalue weighted by molar-refractivity contribution is -0.385. The molecule has 0 saturated heterocycles. The summed E-state index contributed by atoms with van der Waals surface area (Å²) in [6.45, 7) is 3.22. The maximum atomic E-state index is 13.9. The van der Waals surface area contributed by atoms with E-state index in [1.54, 1.807) is 26.2 Å². The number of nitro groups is 1. The van der Waals surface area contributed by atoms with Crippen molar-refractivity contribution in [1.29, 1.82) is 0 Å². The van der Waals surface area contributed by atoms with E-state index in [1.807, 2.05) is 36.4 Å². The van der Waals surface area contributed by atoms with Gasteiger partial charge in [-0.3, -0.25) is 24.3 Å². The van der Waals surface area contributed by atoms with E-state index in [1.165, 1.54) is 30.7 Å². The van der Waals surface area contributed by atoms with Gasteiger partial charge in [0.1, 0.15) is 5.75 Å². The van der Waals surface area contributed by atoms with Crippen molar-refractivity contribution in [2.24, 2.45) is 4.99 Å². The van der Waals surface area contributed by atoms with E-state index in [-0.39, 0.29) is 22.8 Å². The maximum absolute atomic E-state index is 13.9. The van der Waals surface area contributed by atoms with E-state index < -0.39 is 11.0 Å². The SMILES string of the molecule is COc1ccc(C=c2sc3n(c2=O)[C@H](c2c(OC)ccc4ccccc24)C(C(C)=O)=C(C)N=3)cc1[N+](=O)[O-]. The van der Waals surface area contributed by atoms with Crippen molar-refractivity contribution in [3.63, 3.8) is 0 Å². The summed E-state index contributed by atoms with van der Waals surface area (Å²) in [7, 11) is 2.91. The second-order valence-corrected chi connectivity index (χ2v) is 9.74. The Morgan fingerprint density at radius 2 is 1.82 bits per heavy atom. The van der Waals surface area contributed by atoms with Crippen LogP contribution in [0.5, 0.6) is 11.5 Å². The highest BCUT2D eigenvalue weighted by Crippen LogP contribution is 2.40. The minimum Gasteiger partial charge on any atom is -0.496 e. The number of hydrogen-bond donors (Lipinski definition) is 0. The van der Waals surface area contributed by atoms with Gasteiger partial charge in [-0.1, -0.05) is 47.7 Å². The molecule has 38 heavy (non-hydrogen) atoms. The average molecular weight is 530 g/mol. The van der Waals surface area contributed by atoms with Gasteiger partial charge in [0.05, 0.1) is 29.7 Å². The van der Waals surface area contributed by atoms with Crippen molar-refractivity contribution in [1.82, 2.24) is 4.57 Å². The number of Topliss-reactive ketones (excluding diaryl/α,β-unsaturated/α-hetero) is 1. The fraction of sp³-hybridized carbons (Fsp3) is 0.179. The van der Waals surface area contributed by atoms with Gasteiger partial charge in [0.25, 0.3) is 5.56 Å². The number of carbonyl (C=O) groups excluding carboxylic acids is 1.